The van der Waals surface area contributed by atoms with Crippen molar-refractivity contribution in [1.29, 1.82) is 0 Å². The molecule has 0 bridgehead atoms. The fraction of sp³-hybridized carbons (Fsp3) is 0.200. The second kappa shape index (κ2) is 6.84. The van der Waals surface area contributed by atoms with Gasteiger partial charge in [0.2, 0.25) is 0 Å². The fourth-order valence-electron chi connectivity index (χ4n) is 1.79. The maximum absolute atomic E-state index is 5.98. The average molecular weight is 312 g/mol. The maximum atomic E-state index is 5.98. The number of methoxy groups -OCH3 is 1. The van der Waals surface area contributed by atoms with Gasteiger partial charge in [0.15, 0.2) is 0 Å². The van der Waals surface area contributed by atoms with Crippen LogP contribution in [0.3, 0.4) is 0 Å². The molecule has 2 aromatic carbocycles. The minimum absolute atomic E-state index is 0.451. The van der Waals surface area contributed by atoms with Gasteiger partial charge in [-0.15, -0.1) is 0 Å². The molecule has 0 radical (unpaired) electrons. The van der Waals surface area contributed by atoms with Crippen LogP contribution in [0, 0.1) is 0 Å². The summed E-state index contributed by atoms with van der Waals surface area (Å²) in [5.41, 5.74) is 6.63. The van der Waals surface area contributed by atoms with E-state index in [2.05, 4.69) is 0 Å². The minimum Gasteiger partial charge on any atom is -0.497 e. The van der Waals surface area contributed by atoms with Gasteiger partial charge in [-0.05, 0) is 36.7 Å². The lowest BCUT2D eigenvalue weighted by atomic mass is 10.1. The van der Waals surface area contributed by atoms with Gasteiger partial charge in [-0.2, -0.15) is 0 Å². The van der Waals surface area contributed by atoms with Gasteiger partial charge in [-0.25, -0.2) is 0 Å². The molecule has 0 saturated carbocycles. The maximum Gasteiger partial charge on any atom is 0.134 e. The van der Waals surface area contributed by atoms with Crippen molar-refractivity contribution in [3.05, 3.63) is 52.0 Å². The summed E-state index contributed by atoms with van der Waals surface area (Å²) in [6.07, 6.45) is 0.723. The van der Waals surface area contributed by atoms with Crippen LogP contribution in [-0.2, 0) is 6.42 Å². The standard InChI is InChI=1S/C15H15Cl2NO2/c1-19-11-3-2-10(6-7-18)15(9-11)20-12-4-5-13(16)14(17)8-12/h2-5,8-9H,6-7,18H2,1H3. The largest absolute Gasteiger partial charge is 0.497 e. The van der Waals surface area contributed by atoms with E-state index in [1.165, 1.54) is 0 Å². The zero-order valence-corrected chi connectivity index (χ0v) is 12.5. The molecule has 0 amide bonds. The molecule has 2 N–H and O–H groups in total. The number of nitrogens with two attached hydrogens (primary N) is 1. The van der Waals surface area contributed by atoms with Crippen LogP contribution in [0.2, 0.25) is 10.0 Å². The van der Waals surface area contributed by atoms with Crippen molar-refractivity contribution in [3.8, 4) is 17.2 Å². The van der Waals surface area contributed by atoms with Gasteiger partial charge < -0.3 is 15.2 Å². The lowest BCUT2D eigenvalue weighted by Gasteiger charge is -2.12. The summed E-state index contributed by atoms with van der Waals surface area (Å²) < 4.78 is 11.1. The molecule has 0 aliphatic heterocycles. The first-order valence-corrected chi connectivity index (χ1v) is 6.89. The molecule has 5 heteroatoms. The Morgan fingerprint density at radius 3 is 2.40 bits per heavy atom. The first-order valence-electron chi connectivity index (χ1n) is 6.14. The van der Waals surface area contributed by atoms with Crippen molar-refractivity contribution < 1.29 is 9.47 Å². The van der Waals surface area contributed by atoms with Crippen molar-refractivity contribution >= 4 is 23.2 Å². The van der Waals surface area contributed by atoms with Crippen molar-refractivity contribution in [2.45, 2.75) is 6.42 Å². The average Bonchev–Trinajstić information content (AvgIpc) is 2.45. The van der Waals surface area contributed by atoms with Crippen molar-refractivity contribution in [2.24, 2.45) is 5.73 Å². The molecule has 0 spiro atoms. The third-order valence-electron chi connectivity index (χ3n) is 2.81. The molecule has 106 valence electrons. The molecule has 0 aliphatic rings. The number of hydrogen-bond acceptors (Lipinski definition) is 3. The third kappa shape index (κ3) is 3.57. The Morgan fingerprint density at radius 2 is 1.75 bits per heavy atom. The highest BCUT2D eigenvalue weighted by molar-refractivity contribution is 6.42. The van der Waals surface area contributed by atoms with Crippen molar-refractivity contribution in [1.82, 2.24) is 0 Å². The SMILES string of the molecule is COc1ccc(CCN)c(Oc2ccc(Cl)c(Cl)c2)c1. The van der Waals surface area contributed by atoms with E-state index in [9.17, 15) is 0 Å². The Bertz CT molecular complexity index is 602. The summed E-state index contributed by atoms with van der Waals surface area (Å²) in [4.78, 5) is 0. The number of halogens is 2. The molecule has 20 heavy (non-hydrogen) atoms. The smallest absolute Gasteiger partial charge is 0.134 e. The van der Waals surface area contributed by atoms with E-state index in [1.807, 2.05) is 18.2 Å². The Morgan fingerprint density at radius 1 is 1.00 bits per heavy atom. The van der Waals surface area contributed by atoms with Gasteiger partial charge in [0.1, 0.15) is 17.2 Å². The first kappa shape index (κ1) is 15.0. The van der Waals surface area contributed by atoms with Crippen molar-refractivity contribution in [2.75, 3.05) is 13.7 Å². The molecule has 2 rings (SSSR count). The predicted molar refractivity (Wildman–Crippen MR) is 82.3 cm³/mol. The minimum atomic E-state index is 0.451. The van der Waals surface area contributed by atoms with Gasteiger partial charge in [-0.1, -0.05) is 29.3 Å². The Labute approximate surface area is 128 Å². The molecular formula is C15H15Cl2NO2. The number of benzene rings is 2. The van der Waals surface area contributed by atoms with Crippen molar-refractivity contribution in [3.63, 3.8) is 0 Å². The van der Waals surface area contributed by atoms with Gasteiger partial charge in [-0.3, -0.25) is 0 Å². The second-order valence-corrected chi connectivity index (χ2v) is 5.00. The van der Waals surface area contributed by atoms with Gasteiger partial charge in [0.25, 0.3) is 0 Å². The monoisotopic (exact) mass is 311 g/mol. The highest BCUT2D eigenvalue weighted by Crippen LogP contribution is 2.33. The Hall–Kier alpha value is -1.42. The fourth-order valence-corrected chi connectivity index (χ4v) is 2.07. The predicted octanol–water partition coefficient (Wildman–Crippen LogP) is 4.30. The normalized spacial score (nSPS) is 10.4. The molecule has 0 heterocycles. The number of rotatable bonds is 5. The lowest BCUT2D eigenvalue weighted by Crippen LogP contribution is -2.04. The van der Waals surface area contributed by atoms with Crippen LogP contribution < -0.4 is 15.2 Å². The summed E-state index contributed by atoms with van der Waals surface area (Å²) in [5, 5.41) is 0.944. The first-order chi connectivity index (χ1) is 9.63. The molecule has 0 unspecified atom stereocenters. The van der Waals surface area contributed by atoms with E-state index in [1.54, 1.807) is 25.3 Å². The Kier molecular flexibility index (Phi) is 5.12. The summed E-state index contributed by atoms with van der Waals surface area (Å²) in [5.74, 6) is 2.04. The zero-order chi connectivity index (χ0) is 14.5. The molecule has 0 atom stereocenters. The van der Waals surface area contributed by atoms with Crippen LogP contribution >= 0.6 is 23.2 Å². The van der Waals surface area contributed by atoms with Gasteiger partial charge in [0.05, 0.1) is 17.2 Å². The van der Waals surface area contributed by atoms with E-state index in [-0.39, 0.29) is 0 Å². The Balaban J connectivity index is 2.32. The van der Waals surface area contributed by atoms with E-state index in [0.29, 0.717) is 28.1 Å². The zero-order valence-electron chi connectivity index (χ0n) is 11.0. The second-order valence-electron chi connectivity index (χ2n) is 4.19. The van der Waals surface area contributed by atoms with Gasteiger partial charge in [0, 0.05) is 12.1 Å². The van der Waals surface area contributed by atoms with E-state index in [4.69, 9.17) is 38.4 Å². The topological polar surface area (TPSA) is 44.5 Å². The van der Waals surface area contributed by atoms with Crippen LogP contribution in [0.25, 0.3) is 0 Å². The summed E-state index contributed by atoms with van der Waals surface area (Å²) >= 11 is 11.9. The highest BCUT2D eigenvalue weighted by atomic mass is 35.5. The van der Waals surface area contributed by atoms with Crippen LogP contribution in [0.5, 0.6) is 17.2 Å². The lowest BCUT2D eigenvalue weighted by molar-refractivity contribution is 0.408. The third-order valence-corrected chi connectivity index (χ3v) is 3.55. The molecule has 0 aliphatic carbocycles. The molecule has 0 saturated heterocycles. The van der Waals surface area contributed by atoms with Crippen LogP contribution in [0.1, 0.15) is 5.56 Å². The van der Waals surface area contributed by atoms with E-state index < -0.39 is 0 Å². The summed E-state index contributed by atoms with van der Waals surface area (Å²) in [6.45, 7) is 0.546. The molecule has 2 aromatic rings. The molecule has 3 nitrogen and oxygen atoms in total. The molecule has 0 aromatic heterocycles. The molecule has 0 fully saturated rings. The van der Waals surface area contributed by atoms with E-state index in [0.717, 1.165) is 17.7 Å². The molecular weight excluding hydrogens is 297 g/mol. The number of hydrogen-bond donors (Lipinski definition) is 1. The van der Waals surface area contributed by atoms with Gasteiger partial charge >= 0.3 is 0 Å². The van der Waals surface area contributed by atoms with Crippen LogP contribution in [0.15, 0.2) is 36.4 Å². The van der Waals surface area contributed by atoms with Crippen LogP contribution in [-0.4, -0.2) is 13.7 Å². The van der Waals surface area contributed by atoms with Crippen LogP contribution in [0.4, 0.5) is 0 Å². The quantitative estimate of drug-likeness (QED) is 0.895. The highest BCUT2D eigenvalue weighted by Gasteiger charge is 2.08. The van der Waals surface area contributed by atoms with E-state index >= 15 is 0 Å². The number of ether oxygens (including phenoxy) is 2. The summed E-state index contributed by atoms with van der Waals surface area (Å²) in [7, 11) is 1.61. The summed E-state index contributed by atoms with van der Waals surface area (Å²) in [6, 6.07) is 10.8.